The van der Waals surface area contributed by atoms with Crippen molar-refractivity contribution in [2.75, 3.05) is 5.32 Å². The maximum absolute atomic E-state index is 12.5. The van der Waals surface area contributed by atoms with Gasteiger partial charge in [0, 0.05) is 29.5 Å². The molecule has 0 aliphatic rings. The first-order valence-electron chi connectivity index (χ1n) is 9.47. The average Bonchev–Trinajstić information content (AvgIpc) is 3.43. The van der Waals surface area contributed by atoms with Gasteiger partial charge in [-0.15, -0.1) is 0 Å². The molecule has 4 aromatic rings. The van der Waals surface area contributed by atoms with Gasteiger partial charge in [0.25, 0.3) is 5.91 Å². The maximum atomic E-state index is 12.5. The summed E-state index contributed by atoms with van der Waals surface area (Å²) in [5.41, 5.74) is 1.03. The van der Waals surface area contributed by atoms with Crippen LogP contribution in [-0.2, 0) is 13.3 Å². The number of halogens is 1. The summed E-state index contributed by atoms with van der Waals surface area (Å²) in [6.45, 7) is 0.443. The zero-order valence-corrected chi connectivity index (χ0v) is 17.3. The minimum Gasteiger partial charge on any atom is -0.464 e. The maximum Gasteiger partial charge on any atom is 0.311 e. The van der Waals surface area contributed by atoms with Crippen molar-refractivity contribution in [3.05, 3.63) is 99.5 Å². The lowest BCUT2D eigenvalue weighted by Crippen LogP contribution is -2.15. The third-order valence-electron chi connectivity index (χ3n) is 4.43. The standard InChI is InChI=1S/C21H17ClN6O4/c22-16-7-5-15(6-8-16)13-26-12-10-20(25-26)23-21(29)17-9-11-27(24-17)14-32-19-4-2-1-3-18(19)28(30)31/h1-12H,13-14H2,(H,23,25,29). The van der Waals surface area contributed by atoms with Gasteiger partial charge in [0.1, 0.15) is 0 Å². The lowest BCUT2D eigenvalue weighted by atomic mass is 10.2. The number of ether oxygens (including phenoxy) is 1. The molecule has 0 atom stereocenters. The second kappa shape index (κ2) is 9.31. The molecule has 11 heteroatoms. The first kappa shape index (κ1) is 21.1. The molecular weight excluding hydrogens is 436 g/mol. The van der Waals surface area contributed by atoms with Gasteiger partial charge < -0.3 is 10.1 Å². The number of benzene rings is 2. The number of nitro groups is 1. The Morgan fingerprint density at radius 2 is 1.78 bits per heavy atom. The van der Waals surface area contributed by atoms with Gasteiger partial charge in [-0.2, -0.15) is 10.2 Å². The van der Waals surface area contributed by atoms with Crippen LogP contribution in [0.25, 0.3) is 0 Å². The van der Waals surface area contributed by atoms with Gasteiger partial charge in [-0.3, -0.25) is 19.6 Å². The van der Waals surface area contributed by atoms with E-state index in [0.29, 0.717) is 17.4 Å². The van der Waals surface area contributed by atoms with Gasteiger partial charge in [0.15, 0.2) is 24.0 Å². The van der Waals surface area contributed by atoms with Crippen LogP contribution in [0.4, 0.5) is 11.5 Å². The van der Waals surface area contributed by atoms with E-state index in [2.05, 4.69) is 15.5 Å². The second-order valence-corrected chi connectivity index (χ2v) is 7.15. The molecule has 0 radical (unpaired) electrons. The number of nitro benzene ring substituents is 1. The number of nitrogens with one attached hydrogen (secondary N) is 1. The summed E-state index contributed by atoms with van der Waals surface area (Å²) in [6.07, 6.45) is 3.30. The molecular formula is C21H17ClN6O4. The molecule has 32 heavy (non-hydrogen) atoms. The van der Waals surface area contributed by atoms with E-state index in [9.17, 15) is 14.9 Å². The van der Waals surface area contributed by atoms with Crippen molar-refractivity contribution >= 4 is 29.0 Å². The normalized spacial score (nSPS) is 10.7. The highest BCUT2D eigenvalue weighted by Crippen LogP contribution is 2.26. The number of rotatable bonds is 8. The Bertz CT molecular complexity index is 1250. The van der Waals surface area contributed by atoms with Crippen molar-refractivity contribution in [3.63, 3.8) is 0 Å². The smallest absolute Gasteiger partial charge is 0.311 e. The first-order valence-corrected chi connectivity index (χ1v) is 9.84. The molecule has 0 aliphatic heterocycles. The van der Waals surface area contributed by atoms with Crippen molar-refractivity contribution in [3.8, 4) is 5.75 Å². The van der Waals surface area contributed by atoms with E-state index >= 15 is 0 Å². The summed E-state index contributed by atoms with van der Waals surface area (Å²) in [6, 6.07) is 16.7. The van der Waals surface area contributed by atoms with Gasteiger partial charge >= 0.3 is 5.69 Å². The van der Waals surface area contributed by atoms with Crippen LogP contribution in [0.1, 0.15) is 16.1 Å². The Hall–Kier alpha value is -4.18. The van der Waals surface area contributed by atoms with Crippen LogP contribution in [0, 0.1) is 10.1 Å². The fourth-order valence-corrected chi connectivity index (χ4v) is 3.02. The molecule has 0 spiro atoms. The Morgan fingerprint density at radius 1 is 1.03 bits per heavy atom. The molecule has 1 amide bonds. The van der Waals surface area contributed by atoms with Crippen LogP contribution in [0.2, 0.25) is 5.02 Å². The van der Waals surface area contributed by atoms with Crippen molar-refractivity contribution in [1.29, 1.82) is 0 Å². The van der Waals surface area contributed by atoms with Crippen molar-refractivity contribution in [2.45, 2.75) is 13.3 Å². The Kier molecular flexibility index (Phi) is 6.13. The van der Waals surface area contributed by atoms with Crippen LogP contribution in [0.15, 0.2) is 73.1 Å². The number of carbonyl (C=O) groups is 1. The number of nitrogens with zero attached hydrogens (tertiary/aromatic N) is 5. The molecule has 0 saturated heterocycles. The molecule has 0 bridgehead atoms. The summed E-state index contributed by atoms with van der Waals surface area (Å²) in [4.78, 5) is 23.0. The van der Waals surface area contributed by atoms with Crippen molar-refractivity contribution in [2.24, 2.45) is 0 Å². The molecule has 0 unspecified atom stereocenters. The van der Waals surface area contributed by atoms with Gasteiger partial charge in [0.2, 0.25) is 0 Å². The highest BCUT2D eigenvalue weighted by Gasteiger charge is 2.15. The summed E-state index contributed by atoms with van der Waals surface area (Å²) in [5.74, 6) is 0.0612. The fourth-order valence-electron chi connectivity index (χ4n) is 2.89. The van der Waals surface area contributed by atoms with E-state index in [1.807, 2.05) is 12.1 Å². The highest BCUT2D eigenvalue weighted by molar-refractivity contribution is 6.30. The number of para-hydroxylation sites is 2. The molecule has 1 N–H and O–H groups in total. The van der Waals surface area contributed by atoms with Gasteiger partial charge in [0.05, 0.1) is 11.5 Å². The lowest BCUT2D eigenvalue weighted by Gasteiger charge is -2.06. The lowest BCUT2D eigenvalue weighted by molar-refractivity contribution is -0.386. The third-order valence-corrected chi connectivity index (χ3v) is 4.68. The largest absolute Gasteiger partial charge is 0.464 e. The average molecular weight is 453 g/mol. The van der Waals surface area contributed by atoms with Crippen molar-refractivity contribution in [1.82, 2.24) is 19.6 Å². The van der Waals surface area contributed by atoms with Crippen molar-refractivity contribution < 1.29 is 14.5 Å². The predicted octanol–water partition coefficient (Wildman–Crippen LogP) is 3.98. The molecule has 162 valence electrons. The van der Waals surface area contributed by atoms with E-state index in [1.54, 1.807) is 47.4 Å². The van der Waals surface area contributed by atoms with Crippen LogP contribution in [0.3, 0.4) is 0 Å². The minimum absolute atomic E-state index is 0.0894. The number of anilines is 1. The third kappa shape index (κ3) is 5.10. The summed E-state index contributed by atoms with van der Waals surface area (Å²) in [5, 5.41) is 22.9. The number of hydrogen-bond acceptors (Lipinski definition) is 6. The highest BCUT2D eigenvalue weighted by atomic mass is 35.5. The van der Waals surface area contributed by atoms with Gasteiger partial charge in [-0.05, 0) is 29.8 Å². The topological polar surface area (TPSA) is 117 Å². The molecule has 2 heterocycles. The molecule has 10 nitrogen and oxygen atoms in total. The number of hydrogen-bond donors (Lipinski definition) is 1. The quantitative estimate of drug-likeness (QED) is 0.319. The van der Waals surface area contributed by atoms with Crippen LogP contribution in [-0.4, -0.2) is 30.4 Å². The van der Waals surface area contributed by atoms with Crippen LogP contribution in [0.5, 0.6) is 5.75 Å². The fraction of sp³-hybridized carbons (Fsp3) is 0.0952. The zero-order chi connectivity index (χ0) is 22.5. The van der Waals surface area contributed by atoms with E-state index in [0.717, 1.165) is 5.56 Å². The van der Waals surface area contributed by atoms with Gasteiger partial charge in [-0.25, -0.2) is 4.68 Å². The Balaban J connectivity index is 1.35. The van der Waals surface area contributed by atoms with E-state index < -0.39 is 10.8 Å². The van der Waals surface area contributed by atoms with Crippen LogP contribution < -0.4 is 10.1 Å². The second-order valence-electron chi connectivity index (χ2n) is 6.72. The Morgan fingerprint density at radius 3 is 2.56 bits per heavy atom. The predicted molar refractivity (Wildman–Crippen MR) is 117 cm³/mol. The van der Waals surface area contributed by atoms with Gasteiger partial charge in [-0.1, -0.05) is 35.9 Å². The Labute approximate surface area is 187 Å². The summed E-state index contributed by atoms with van der Waals surface area (Å²) in [7, 11) is 0. The summed E-state index contributed by atoms with van der Waals surface area (Å²) < 4.78 is 8.52. The van der Waals surface area contributed by atoms with E-state index in [-0.39, 0.29) is 23.9 Å². The number of aromatic nitrogens is 4. The SMILES string of the molecule is O=C(Nc1ccn(Cc2ccc(Cl)cc2)n1)c1ccn(COc2ccccc2[N+](=O)[O-])n1. The molecule has 4 rings (SSSR count). The van der Waals surface area contributed by atoms with Crippen LogP contribution >= 0.6 is 11.6 Å². The molecule has 2 aromatic heterocycles. The molecule has 2 aromatic carbocycles. The summed E-state index contributed by atoms with van der Waals surface area (Å²) >= 11 is 5.89. The minimum atomic E-state index is -0.524. The van der Waals surface area contributed by atoms with E-state index in [1.165, 1.54) is 22.9 Å². The molecule has 0 saturated carbocycles. The van der Waals surface area contributed by atoms with E-state index in [4.69, 9.17) is 16.3 Å². The molecule has 0 aliphatic carbocycles. The number of carbonyl (C=O) groups excluding carboxylic acids is 1. The zero-order valence-electron chi connectivity index (χ0n) is 16.6. The molecule has 0 fully saturated rings. The monoisotopic (exact) mass is 452 g/mol. The number of amides is 1. The first-order chi connectivity index (χ1) is 15.5.